The van der Waals surface area contributed by atoms with Gasteiger partial charge in [-0.15, -0.1) is 0 Å². The number of amides is 2. The van der Waals surface area contributed by atoms with Crippen molar-refractivity contribution in [2.45, 2.75) is 39.2 Å². The smallest absolute Gasteiger partial charge is 0.225 e. The molecule has 0 bridgehead atoms. The first-order chi connectivity index (χ1) is 10.1. The zero-order chi connectivity index (χ0) is 15.2. The topological polar surface area (TPSA) is 49.4 Å². The molecule has 0 aromatic heterocycles. The number of hydrogen-bond acceptors (Lipinski definition) is 2. The van der Waals surface area contributed by atoms with Crippen LogP contribution in [0.1, 0.15) is 36.8 Å². The molecule has 1 aromatic carbocycles. The fourth-order valence-corrected chi connectivity index (χ4v) is 2.68. The first-order valence-corrected chi connectivity index (χ1v) is 7.63. The molecule has 21 heavy (non-hydrogen) atoms. The second-order valence-electron chi connectivity index (χ2n) is 5.92. The minimum Gasteiger partial charge on any atom is -0.352 e. The van der Waals surface area contributed by atoms with Crippen LogP contribution in [0.25, 0.3) is 0 Å². The predicted octanol–water partition coefficient (Wildman–Crippen LogP) is 2.26. The van der Waals surface area contributed by atoms with Crippen LogP contribution in [0.2, 0.25) is 0 Å². The van der Waals surface area contributed by atoms with Crippen LogP contribution in [0.4, 0.5) is 0 Å². The van der Waals surface area contributed by atoms with Gasteiger partial charge in [-0.1, -0.05) is 36.2 Å². The zero-order valence-corrected chi connectivity index (χ0v) is 12.9. The maximum atomic E-state index is 12.1. The number of carbonyl (C=O) groups is 2. The lowest BCUT2D eigenvalue weighted by molar-refractivity contribution is -0.136. The third kappa shape index (κ3) is 4.59. The van der Waals surface area contributed by atoms with Crippen LogP contribution in [0, 0.1) is 12.8 Å². The average Bonchev–Trinajstić information content (AvgIpc) is 2.62. The highest BCUT2D eigenvalue weighted by Crippen LogP contribution is 2.20. The summed E-state index contributed by atoms with van der Waals surface area (Å²) in [5.74, 6) is -0.0854. The SMILES string of the molecule is Cc1ccc(CNC(=O)C[C@H]2CCCCN(C)C2=O)cc1. The predicted molar refractivity (Wildman–Crippen MR) is 82.6 cm³/mol. The van der Waals surface area contributed by atoms with Gasteiger partial charge in [-0.25, -0.2) is 0 Å². The average molecular weight is 288 g/mol. The first kappa shape index (κ1) is 15.5. The Balaban J connectivity index is 1.83. The molecule has 1 fully saturated rings. The number of benzene rings is 1. The first-order valence-electron chi connectivity index (χ1n) is 7.63. The Labute approximate surface area is 126 Å². The van der Waals surface area contributed by atoms with Crippen molar-refractivity contribution in [2.75, 3.05) is 13.6 Å². The minimum atomic E-state index is -0.157. The van der Waals surface area contributed by atoms with Gasteiger partial charge in [0.05, 0.1) is 0 Å². The number of likely N-dealkylation sites (tertiary alicyclic amines) is 1. The molecule has 0 saturated carbocycles. The van der Waals surface area contributed by atoms with E-state index in [9.17, 15) is 9.59 Å². The second-order valence-corrected chi connectivity index (χ2v) is 5.92. The van der Waals surface area contributed by atoms with Crippen molar-refractivity contribution in [1.29, 1.82) is 0 Å². The second kappa shape index (κ2) is 7.25. The van der Waals surface area contributed by atoms with Crippen LogP contribution in [0.5, 0.6) is 0 Å². The number of aryl methyl sites for hydroxylation is 1. The Bertz CT molecular complexity index is 496. The van der Waals surface area contributed by atoms with Crippen molar-refractivity contribution in [3.8, 4) is 0 Å². The molecule has 1 N–H and O–H groups in total. The van der Waals surface area contributed by atoms with E-state index in [1.807, 2.05) is 38.2 Å². The van der Waals surface area contributed by atoms with Crippen molar-refractivity contribution in [3.63, 3.8) is 0 Å². The van der Waals surface area contributed by atoms with E-state index in [0.29, 0.717) is 13.0 Å². The van der Waals surface area contributed by atoms with Gasteiger partial charge < -0.3 is 10.2 Å². The summed E-state index contributed by atoms with van der Waals surface area (Å²) in [6.07, 6.45) is 3.17. The molecule has 1 aliphatic rings. The molecule has 4 nitrogen and oxygen atoms in total. The molecule has 4 heteroatoms. The largest absolute Gasteiger partial charge is 0.352 e. The number of hydrogen-bond donors (Lipinski definition) is 1. The van der Waals surface area contributed by atoms with Gasteiger partial charge in [-0.2, -0.15) is 0 Å². The van der Waals surface area contributed by atoms with E-state index in [1.54, 1.807) is 4.90 Å². The molecule has 114 valence electrons. The molecular formula is C17H24N2O2. The summed E-state index contributed by atoms with van der Waals surface area (Å²) in [4.78, 5) is 25.9. The molecule has 2 amide bonds. The Morgan fingerprint density at radius 2 is 2.00 bits per heavy atom. The summed E-state index contributed by atoms with van der Waals surface area (Å²) in [6, 6.07) is 8.09. The molecule has 0 spiro atoms. The van der Waals surface area contributed by atoms with Crippen molar-refractivity contribution < 1.29 is 9.59 Å². The Morgan fingerprint density at radius 3 is 2.71 bits per heavy atom. The van der Waals surface area contributed by atoms with Gasteiger partial charge in [-0.05, 0) is 25.3 Å². The monoisotopic (exact) mass is 288 g/mol. The van der Waals surface area contributed by atoms with Gasteiger partial charge in [0.1, 0.15) is 0 Å². The maximum Gasteiger partial charge on any atom is 0.225 e. The van der Waals surface area contributed by atoms with Gasteiger partial charge in [0.15, 0.2) is 0 Å². The van der Waals surface area contributed by atoms with E-state index < -0.39 is 0 Å². The number of rotatable bonds is 4. The standard InChI is InChI=1S/C17H24N2O2/c1-13-6-8-14(9-7-13)12-18-16(20)11-15-5-3-4-10-19(2)17(15)21/h6-9,15H,3-5,10-12H2,1-2H3,(H,18,20)/t15-/m1/s1. The Kier molecular flexibility index (Phi) is 5.37. The third-order valence-electron chi connectivity index (χ3n) is 4.06. The quantitative estimate of drug-likeness (QED) is 0.924. The molecule has 0 aliphatic carbocycles. The van der Waals surface area contributed by atoms with Crippen LogP contribution in [0.15, 0.2) is 24.3 Å². The molecule has 1 saturated heterocycles. The van der Waals surface area contributed by atoms with Crippen molar-refractivity contribution in [2.24, 2.45) is 5.92 Å². The van der Waals surface area contributed by atoms with Crippen LogP contribution >= 0.6 is 0 Å². The summed E-state index contributed by atoms with van der Waals surface area (Å²) in [6.45, 7) is 3.37. The molecule has 0 radical (unpaired) electrons. The van der Waals surface area contributed by atoms with Crippen molar-refractivity contribution in [1.82, 2.24) is 10.2 Å². The normalized spacial score (nSPS) is 19.2. The summed E-state index contributed by atoms with van der Waals surface area (Å²) in [5, 5.41) is 2.91. The van der Waals surface area contributed by atoms with Crippen LogP contribution in [-0.2, 0) is 16.1 Å². The lowest BCUT2D eigenvalue weighted by Crippen LogP contribution is -2.34. The highest BCUT2D eigenvalue weighted by Gasteiger charge is 2.26. The fourth-order valence-electron chi connectivity index (χ4n) is 2.68. The molecule has 1 atom stereocenters. The van der Waals surface area contributed by atoms with E-state index in [0.717, 1.165) is 31.4 Å². The van der Waals surface area contributed by atoms with Crippen molar-refractivity contribution >= 4 is 11.8 Å². The van der Waals surface area contributed by atoms with E-state index in [4.69, 9.17) is 0 Å². The minimum absolute atomic E-state index is 0.0378. The Morgan fingerprint density at radius 1 is 1.29 bits per heavy atom. The molecule has 0 unspecified atom stereocenters. The van der Waals surface area contributed by atoms with Gasteiger partial charge in [0.25, 0.3) is 0 Å². The lowest BCUT2D eigenvalue weighted by atomic mass is 9.98. The highest BCUT2D eigenvalue weighted by atomic mass is 16.2. The van der Waals surface area contributed by atoms with Crippen molar-refractivity contribution in [3.05, 3.63) is 35.4 Å². The van der Waals surface area contributed by atoms with E-state index >= 15 is 0 Å². The number of nitrogens with zero attached hydrogens (tertiary/aromatic N) is 1. The van der Waals surface area contributed by atoms with E-state index in [-0.39, 0.29) is 17.7 Å². The van der Waals surface area contributed by atoms with Gasteiger partial charge in [0.2, 0.25) is 11.8 Å². The van der Waals surface area contributed by atoms with Crippen LogP contribution < -0.4 is 5.32 Å². The molecule has 1 aromatic rings. The van der Waals surface area contributed by atoms with Crippen LogP contribution in [0.3, 0.4) is 0 Å². The van der Waals surface area contributed by atoms with E-state index in [2.05, 4.69) is 5.32 Å². The molecule has 1 heterocycles. The lowest BCUT2D eigenvalue weighted by Gasteiger charge is -2.19. The Hall–Kier alpha value is -1.84. The third-order valence-corrected chi connectivity index (χ3v) is 4.06. The number of carbonyl (C=O) groups excluding carboxylic acids is 2. The summed E-state index contributed by atoms with van der Waals surface area (Å²) in [7, 11) is 1.82. The van der Waals surface area contributed by atoms with Crippen LogP contribution in [-0.4, -0.2) is 30.3 Å². The van der Waals surface area contributed by atoms with Gasteiger partial charge >= 0.3 is 0 Å². The maximum absolute atomic E-state index is 12.1. The zero-order valence-electron chi connectivity index (χ0n) is 12.9. The molecule has 1 aliphatic heterocycles. The number of nitrogens with one attached hydrogen (secondary N) is 1. The van der Waals surface area contributed by atoms with Gasteiger partial charge in [0, 0.05) is 32.5 Å². The molecular weight excluding hydrogens is 264 g/mol. The van der Waals surface area contributed by atoms with Gasteiger partial charge in [-0.3, -0.25) is 9.59 Å². The highest BCUT2D eigenvalue weighted by molar-refractivity contribution is 5.85. The molecule has 2 rings (SSSR count). The van der Waals surface area contributed by atoms with E-state index in [1.165, 1.54) is 5.56 Å². The summed E-state index contributed by atoms with van der Waals surface area (Å²) in [5.41, 5.74) is 2.29. The summed E-state index contributed by atoms with van der Waals surface area (Å²) < 4.78 is 0. The summed E-state index contributed by atoms with van der Waals surface area (Å²) >= 11 is 0. The fraction of sp³-hybridized carbons (Fsp3) is 0.529.